The van der Waals surface area contributed by atoms with Crippen molar-refractivity contribution in [3.63, 3.8) is 0 Å². The van der Waals surface area contributed by atoms with Crippen LogP contribution in [0.4, 0.5) is 0 Å². The maximum absolute atomic E-state index is 11.7. The molecule has 6 heteroatoms. The van der Waals surface area contributed by atoms with Crippen molar-refractivity contribution in [1.29, 1.82) is 0 Å². The highest BCUT2D eigenvalue weighted by Crippen LogP contribution is 2.78. The van der Waals surface area contributed by atoms with Crippen molar-refractivity contribution in [2.75, 3.05) is 6.26 Å². The summed E-state index contributed by atoms with van der Waals surface area (Å²) in [4.78, 5) is 0. The summed E-state index contributed by atoms with van der Waals surface area (Å²) in [7, 11) is -3.18. The number of hydrogen-bond donors (Lipinski definition) is 0. The molecule has 0 spiro atoms. The molecule has 102 valence electrons. The molecule has 3 aliphatic carbocycles. The second-order valence-corrected chi connectivity index (χ2v) is 9.85. The van der Waals surface area contributed by atoms with E-state index in [0.717, 1.165) is 0 Å². The molecular formula is C12H21BO4S. The highest BCUT2D eigenvalue weighted by molar-refractivity contribution is 7.92. The lowest BCUT2D eigenvalue weighted by Gasteiger charge is -2.69. The van der Waals surface area contributed by atoms with Crippen molar-refractivity contribution in [2.24, 2.45) is 0 Å². The Bertz CT molecular complexity index is 472. The maximum Gasteiger partial charge on any atom is 0.464 e. The predicted octanol–water partition coefficient (Wildman–Crippen LogP) is 1.80. The quantitative estimate of drug-likeness (QED) is 0.719. The van der Waals surface area contributed by atoms with E-state index >= 15 is 0 Å². The summed E-state index contributed by atoms with van der Waals surface area (Å²) < 4.78 is 35.0. The van der Waals surface area contributed by atoms with Crippen LogP contribution in [0.2, 0.25) is 5.31 Å². The Morgan fingerprint density at radius 1 is 0.944 bits per heavy atom. The van der Waals surface area contributed by atoms with E-state index in [1.165, 1.54) is 6.26 Å². The average molecular weight is 272 g/mol. The average Bonchev–Trinajstić information content (AvgIpc) is 2.10. The topological polar surface area (TPSA) is 52.6 Å². The van der Waals surface area contributed by atoms with Gasteiger partial charge in [0.25, 0.3) is 0 Å². The normalized spacial score (nSPS) is 44.4. The molecule has 0 aromatic heterocycles. The van der Waals surface area contributed by atoms with E-state index in [9.17, 15) is 8.42 Å². The van der Waals surface area contributed by atoms with E-state index in [-0.39, 0.29) is 23.6 Å². The third-order valence-electron chi connectivity index (χ3n) is 5.56. The van der Waals surface area contributed by atoms with Crippen molar-refractivity contribution < 1.29 is 17.7 Å². The molecule has 0 unspecified atom stereocenters. The van der Waals surface area contributed by atoms with Crippen LogP contribution < -0.4 is 0 Å². The van der Waals surface area contributed by atoms with Crippen molar-refractivity contribution in [1.82, 2.24) is 0 Å². The van der Waals surface area contributed by atoms with Crippen LogP contribution in [0.15, 0.2) is 0 Å². The fourth-order valence-electron chi connectivity index (χ4n) is 3.51. The second-order valence-electron chi connectivity index (χ2n) is 7.44. The van der Waals surface area contributed by atoms with E-state index < -0.39 is 14.6 Å². The minimum Gasteiger partial charge on any atom is -0.403 e. The summed E-state index contributed by atoms with van der Waals surface area (Å²) in [6, 6.07) is 0. The standard InChI is InChI=1S/C12H21BO4S/c1-9(2)10(3,4)17-13(16-9)11-6-12(7-11,8-11)18(5,14)15/h6-8H2,1-5H3. The highest BCUT2D eigenvalue weighted by Gasteiger charge is 2.79. The van der Waals surface area contributed by atoms with Gasteiger partial charge >= 0.3 is 7.12 Å². The van der Waals surface area contributed by atoms with Gasteiger partial charge in [0.1, 0.15) is 0 Å². The third kappa shape index (κ3) is 1.32. The lowest BCUT2D eigenvalue weighted by Crippen LogP contribution is -2.71. The smallest absolute Gasteiger partial charge is 0.403 e. The monoisotopic (exact) mass is 272 g/mol. The molecule has 4 nitrogen and oxygen atoms in total. The molecule has 0 N–H and O–H groups in total. The van der Waals surface area contributed by atoms with Crippen molar-refractivity contribution in [3.8, 4) is 0 Å². The second kappa shape index (κ2) is 2.99. The molecule has 1 saturated heterocycles. The Balaban J connectivity index is 1.76. The SMILES string of the molecule is CC1(C)OB(C23CC(S(C)(=O)=O)(C2)C3)OC1(C)C. The molecule has 1 aliphatic heterocycles. The molecule has 4 fully saturated rings. The molecule has 0 aromatic carbocycles. The van der Waals surface area contributed by atoms with Gasteiger partial charge in [-0.2, -0.15) is 0 Å². The molecule has 0 atom stereocenters. The molecule has 2 bridgehead atoms. The number of rotatable bonds is 2. The summed E-state index contributed by atoms with van der Waals surface area (Å²) >= 11 is 0. The van der Waals surface area contributed by atoms with Gasteiger partial charge in [-0.05, 0) is 47.0 Å². The lowest BCUT2D eigenvalue weighted by molar-refractivity contribution is 0.00578. The van der Waals surface area contributed by atoms with Gasteiger partial charge < -0.3 is 9.31 Å². The van der Waals surface area contributed by atoms with E-state index in [1.54, 1.807) is 0 Å². The molecule has 3 saturated carbocycles. The first-order chi connectivity index (χ1) is 7.93. The van der Waals surface area contributed by atoms with E-state index in [4.69, 9.17) is 9.31 Å². The first-order valence-electron chi connectivity index (χ1n) is 6.49. The van der Waals surface area contributed by atoms with Crippen LogP contribution in [0.3, 0.4) is 0 Å². The van der Waals surface area contributed by atoms with Gasteiger partial charge in [-0.1, -0.05) is 0 Å². The van der Waals surface area contributed by atoms with Crippen LogP contribution in [-0.4, -0.2) is 37.7 Å². The third-order valence-corrected chi connectivity index (χ3v) is 7.57. The predicted molar refractivity (Wildman–Crippen MR) is 70.2 cm³/mol. The van der Waals surface area contributed by atoms with Crippen molar-refractivity contribution in [3.05, 3.63) is 0 Å². The minimum atomic E-state index is -2.94. The maximum atomic E-state index is 11.7. The zero-order valence-corrected chi connectivity index (χ0v) is 12.6. The summed E-state index contributed by atoms with van der Waals surface area (Å²) in [5, 5.41) is -0.0475. The number of hydrogen-bond acceptors (Lipinski definition) is 4. The fraction of sp³-hybridized carbons (Fsp3) is 1.00. The first kappa shape index (κ1) is 12.9. The molecule has 0 aromatic rings. The van der Waals surface area contributed by atoms with Crippen molar-refractivity contribution >= 4 is 17.0 Å². The molecule has 0 amide bonds. The highest BCUT2D eigenvalue weighted by atomic mass is 32.2. The van der Waals surface area contributed by atoms with Crippen LogP contribution in [0.5, 0.6) is 0 Å². The Hall–Kier alpha value is -0.0651. The van der Waals surface area contributed by atoms with Crippen LogP contribution in [0.1, 0.15) is 47.0 Å². The fourth-order valence-corrected chi connectivity index (χ4v) is 5.15. The molecule has 0 radical (unpaired) electrons. The van der Waals surface area contributed by atoms with Gasteiger partial charge in [-0.3, -0.25) is 0 Å². The van der Waals surface area contributed by atoms with Gasteiger partial charge in [-0.25, -0.2) is 8.42 Å². The first-order valence-corrected chi connectivity index (χ1v) is 8.38. The van der Waals surface area contributed by atoms with E-state index in [1.807, 2.05) is 27.7 Å². The van der Waals surface area contributed by atoms with Gasteiger partial charge in [0, 0.05) is 11.6 Å². The van der Waals surface area contributed by atoms with Gasteiger partial charge in [-0.15, -0.1) is 0 Å². The largest absolute Gasteiger partial charge is 0.464 e. The van der Waals surface area contributed by atoms with Crippen LogP contribution in [-0.2, 0) is 19.1 Å². The lowest BCUT2D eigenvalue weighted by atomic mass is 9.30. The molecular weight excluding hydrogens is 251 g/mol. The summed E-state index contributed by atoms with van der Waals surface area (Å²) in [6.45, 7) is 8.13. The number of sulfone groups is 1. The van der Waals surface area contributed by atoms with Crippen LogP contribution in [0.25, 0.3) is 0 Å². The van der Waals surface area contributed by atoms with Gasteiger partial charge in [0.05, 0.1) is 15.9 Å². The summed E-state index contributed by atoms with van der Waals surface area (Å²) in [5.74, 6) is 0. The van der Waals surface area contributed by atoms with E-state index in [0.29, 0.717) is 19.3 Å². The van der Waals surface area contributed by atoms with Crippen molar-refractivity contribution in [2.45, 2.75) is 68.2 Å². The summed E-state index contributed by atoms with van der Waals surface area (Å²) in [6.07, 6.45) is 3.46. The van der Waals surface area contributed by atoms with Crippen LogP contribution >= 0.6 is 0 Å². The van der Waals surface area contributed by atoms with Gasteiger partial charge in [0.15, 0.2) is 9.84 Å². The Kier molecular flexibility index (Phi) is 2.15. The molecule has 4 rings (SSSR count). The minimum absolute atomic E-state index is 0.0475. The molecule has 18 heavy (non-hydrogen) atoms. The summed E-state index contributed by atoms with van der Waals surface area (Å²) in [5.41, 5.74) is -0.656. The van der Waals surface area contributed by atoms with Crippen LogP contribution in [0, 0.1) is 0 Å². The Morgan fingerprint density at radius 3 is 1.67 bits per heavy atom. The molecule has 1 heterocycles. The Morgan fingerprint density at radius 2 is 1.33 bits per heavy atom. The molecule has 4 aliphatic rings. The zero-order chi connectivity index (χ0) is 13.6. The Labute approximate surface area is 109 Å². The van der Waals surface area contributed by atoms with Gasteiger partial charge in [0.2, 0.25) is 0 Å². The van der Waals surface area contributed by atoms with E-state index in [2.05, 4.69) is 0 Å². The zero-order valence-electron chi connectivity index (χ0n) is 11.7.